The zero-order chi connectivity index (χ0) is 13.2. The molecule has 1 aromatic rings. The van der Waals surface area contributed by atoms with E-state index in [0.29, 0.717) is 24.3 Å². The Kier molecular flexibility index (Phi) is 3.74. The molecule has 2 N–H and O–H groups in total. The van der Waals surface area contributed by atoms with Crippen molar-refractivity contribution < 1.29 is 18.0 Å². The maximum Gasteiger partial charge on any atom is 0.218 e. The summed E-state index contributed by atoms with van der Waals surface area (Å²) in [5.74, 6) is 0.365. The minimum absolute atomic E-state index is 0.163. The number of aromatic nitrogens is 1. The number of nitrogens with zero attached hydrogens (tertiary/aromatic N) is 1. The minimum Gasteiger partial charge on any atom is -0.394 e. The molecule has 18 heavy (non-hydrogen) atoms. The number of hydrogen-bond donors (Lipinski definition) is 2. The summed E-state index contributed by atoms with van der Waals surface area (Å²) in [6.07, 6.45) is 3.24. The van der Waals surface area contributed by atoms with Crippen LogP contribution in [0.3, 0.4) is 0 Å². The molecule has 0 atom stereocenters. The number of aliphatic hydroxyl groups excluding tert-OH is 1. The van der Waals surface area contributed by atoms with E-state index >= 15 is 0 Å². The molecule has 1 aliphatic carbocycles. The van der Waals surface area contributed by atoms with Gasteiger partial charge < -0.3 is 9.63 Å². The van der Waals surface area contributed by atoms with Crippen molar-refractivity contribution in [3.63, 3.8) is 0 Å². The average molecular weight is 274 g/mol. The van der Waals surface area contributed by atoms with Crippen LogP contribution in [0, 0.1) is 6.92 Å². The molecule has 1 heterocycles. The number of nitrogens with one attached hydrogen (secondary N) is 1. The van der Waals surface area contributed by atoms with Gasteiger partial charge in [0.15, 0.2) is 0 Å². The van der Waals surface area contributed by atoms with Gasteiger partial charge in [-0.15, -0.1) is 0 Å². The van der Waals surface area contributed by atoms with E-state index in [2.05, 4.69) is 9.88 Å². The second-order valence-corrected chi connectivity index (χ2v) is 6.66. The van der Waals surface area contributed by atoms with Crippen molar-refractivity contribution in [3.05, 3.63) is 17.5 Å². The summed E-state index contributed by atoms with van der Waals surface area (Å²) in [5.41, 5.74) is -0.302. The lowest BCUT2D eigenvalue weighted by atomic mass is 10.0. The van der Waals surface area contributed by atoms with Crippen LogP contribution in [-0.4, -0.2) is 30.8 Å². The Labute approximate surface area is 106 Å². The average Bonchev–Trinajstić information content (AvgIpc) is 2.88. The van der Waals surface area contributed by atoms with Crippen LogP contribution >= 0.6 is 0 Å². The molecular formula is C11H18N2O4S. The molecule has 7 heteroatoms. The minimum atomic E-state index is -3.51. The van der Waals surface area contributed by atoms with Gasteiger partial charge in [-0.2, -0.15) is 0 Å². The van der Waals surface area contributed by atoms with Crippen molar-refractivity contribution in [1.29, 1.82) is 0 Å². The highest BCUT2D eigenvalue weighted by atomic mass is 32.2. The van der Waals surface area contributed by atoms with Crippen LogP contribution in [0.5, 0.6) is 0 Å². The van der Waals surface area contributed by atoms with Gasteiger partial charge in [0.2, 0.25) is 10.0 Å². The van der Waals surface area contributed by atoms with Gasteiger partial charge in [-0.05, 0) is 19.8 Å². The van der Waals surface area contributed by atoms with E-state index in [1.165, 1.54) is 0 Å². The van der Waals surface area contributed by atoms with E-state index in [1.807, 2.05) is 0 Å². The molecule has 0 bridgehead atoms. The van der Waals surface area contributed by atoms with Crippen LogP contribution in [0.1, 0.15) is 37.1 Å². The lowest BCUT2D eigenvalue weighted by molar-refractivity contribution is 0.185. The van der Waals surface area contributed by atoms with Crippen LogP contribution in [0.4, 0.5) is 0 Å². The van der Waals surface area contributed by atoms with Crippen molar-refractivity contribution in [1.82, 2.24) is 9.88 Å². The largest absolute Gasteiger partial charge is 0.394 e. The molecule has 1 aliphatic rings. The fourth-order valence-corrected chi connectivity index (χ4v) is 3.92. The molecular weight excluding hydrogens is 256 g/mol. The molecule has 6 nitrogen and oxygen atoms in total. The zero-order valence-electron chi connectivity index (χ0n) is 10.3. The number of hydrogen-bond acceptors (Lipinski definition) is 5. The van der Waals surface area contributed by atoms with E-state index in [9.17, 15) is 13.5 Å². The van der Waals surface area contributed by atoms with E-state index in [0.717, 1.165) is 12.8 Å². The number of aryl methyl sites for hydroxylation is 1. The standard InChI is InChI=1S/C11H18N2O4S/c1-9-6-10(12-17-9)7-18(15,16)13-11(8-14)4-2-3-5-11/h6,13-14H,2-5,7-8H2,1H3. The van der Waals surface area contributed by atoms with Crippen LogP contribution < -0.4 is 4.72 Å². The smallest absolute Gasteiger partial charge is 0.218 e. The van der Waals surface area contributed by atoms with Crippen LogP contribution in [0.25, 0.3) is 0 Å². The molecule has 102 valence electrons. The summed E-state index contributed by atoms with van der Waals surface area (Å²) in [6.45, 7) is 1.55. The van der Waals surface area contributed by atoms with Crippen molar-refractivity contribution in [2.45, 2.75) is 43.9 Å². The van der Waals surface area contributed by atoms with Gasteiger partial charge in [0.1, 0.15) is 17.2 Å². The van der Waals surface area contributed by atoms with E-state index in [1.54, 1.807) is 13.0 Å². The Bertz CT molecular complexity index is 503. The monoisotopic (exact) mass is 274 g/mol. The predicted octanol–water partition coefficient (Wildman–Crippen LogP) is 0.708. The van der Waals surface area contributed by atoms with Crippen molar-refractivity contribution >= 4 is 10.0 Å². The van der Waals surface area contributed by atoms with Gasteiger partial charge in [0.25, 0.3) is 0 Å². The van der Waals surface area contributed by atoms with Crippen LogP contribution in [-0.2, 0) is 15.8 Å². The highest BCUT2D eigenvalue weighted by Gasteiger charge is 2.37. The van der Waals surface area contributed by atoms with Crippen molar-refractivity contribution in [2.24, 2.45) is 0 Å². The van der Waals surface area contributed by atoms with Crippen LogP contribution in [0.2, 0.25) is 0 Å². The summed E-state index contributed by atoms with van der Waals surface area (Å²) in [5, 5.41) is 13.1. The third kappa shape index (κ3) is 3.09. The van der Waals surface area contributed by atoms with Gasteiger partial charge in [0.05, 0.1) is 12.1 Å². The molecule has 0 aliphatic heterocycles. The SMILES string of the molecule is Cc1cc(CS(=O)(=O)NC2(CO)CCCC2)no1. The van der Waals surface area contributed by atoms with Gasteiger partial charge in [-0.25, -0.2) is 13.1 Å². The first kappa shape index (κ1) is 13.5. The zero-order valence-corrected chi connectivity index (χ0v) is 11.2. The Morgan fingerprint density at radius 3 is 2.67 bits per heavy atom. The molecule has 0 unspecified atom stereocenters. The summed E-state index contributed by atoms with van der Waals surface area (Å²) in [7, 11) is -3.51. The first-order valence-electron chi connectivity index (χ1n) is 5.99. The second kappa shape index (κ2) is 4.99. The van der Waals surface area contributed by atoms with Crippen molar-refractivity contribution in [3.8, 4) is 0 Å². The molecule has 0 saturated heterocycles. The Morgan fingerprint density at radius 1 is 1.50 bits per heavy atom. The quantitative estimate of drug-likeness (QED) is 0.825. The second-order valence-electron chi connectivity index (χ2n) is 4.94. The molecule has 1 aromatic heterocycles. The normalized spacial score (nSPS) is 19.2. The van der Waals surface area contributed by atoms with Gasteiger partial charge in [-0.1, -0.05) is 18.0 Å². The number of aliphatic hydroxyl groups is 1. The van der Waals surface area contributed by atoms with Gasteiger partial charge in [0, 0.05) is 6.07 Å². The molecule has 0 amide bonds. The maximum absolute atomic E-state index is 12.0. The highest BCUT2D eigenvalue weighted by molar-refractivity contribution is 7.88. The summed E-state index contributed by atoms with van der Waals surface area (Å²) in [4.78, 5) is 0. The topological polar surface area (TPSA) is 92.4 Å². The summed E-state index contributed by atoms with van der Waals surface area (Å²) in [6, 6.07) is 1.60. The van der Waals surface area contributed by atoms with Crippen molar-refractivity contribution in [2.75, 3.05) is 6.61 Å². The van der Waals surface area contributed by atoms with Crippen LogP contribution in [0.15, 0.2) is 10.6 Å². The lowest BCUT2D eigenvalue weighted by Crippen LogP contribution is -2.49. The van der Waals surface area contributed by atoms with E-state index in [4.69, 9.17) is 4.52 Å². The van der Waals surface area contributed by atoms with Gasteiger partial charge in [-0.3, -0.25) is 0 Å². The fourth-order valence-electron chi connectivity index (χ4n) is 2.39. The lowest BCUT2D eigenvalue weighted by Gasteiger charge is -2.27. The third-order valence-electron chi connectivity index (χ3n) is 3.25. The molecule has 1 saturated carbocycles. The maximum atomic E-state index is 12.0. The fraction of sp³-hybridized carbons (Fsp3) is 0.727. The first-order valence-corrected chi connectivity index (χ1v) is 7.65. The third-order valence-corrected chi connectivity index (χ3v) is 4.67. The summed E-state index contributed by atoms with van der Waals surface area (Å²) < 4.78 is 31.5. The Morgan fingerprint density at radius 2 is 2.17 bits per heavy atom. The number of rotatable bonds is 5. The van der Waals surface area contributed by atoms with E-state index < -0.39 is 15.6 Å². The summed E-state index contributed by atoms with van der Waals surface area (Å²) >= 11 is 0. The molecule has 2 rings (SSSR count). The van der Waals surface area contributed by atoms with Gasteiger partial charge >= 0.3 is 0 Å². The Hall–Kier alpha value is -0.920. The Balaban J connectivity index is 2.07. The molecule has 0 aromatic carbocycles. The molecule has 0 spiro atoms. The number of sulfonamides is 1. The molecule has 1 fully saturated rings. The highest BCUT2D eigenvalue weighted by Crippen LogP contribution is 2.30. The first-order chi connectivity index (χ1) is 8.45. The molecule has 0 radical (unpaired) electrons. The predicted molar refractivity (Wildman–Crippen MR) is 65.3 cm³/mol. The van der Waals surface area contributed by atoms with E-state index in [-0.39, 0.29) is 12.4 Å².